The molecule has 0 radical (unpaired) electrons. The molecule has 1 aliphatic rings. The third-order valence-corrected chi connectivity index (χ3v) is 5.34. The molecular formula is C14H21FN2O3S. The molecule has 1 fully saturated rings. The van der Waals surface area contributed by atoms with Gasteiger partial charge in [0.25, 0.3) is 0 Å². The summed E-state index contributed by atoms with van der Waals surface area (Å²) in [6, 6.07) is 4.74. The van der Waals surface area contributed by atoms with Crippen LogP contribution in [0.5, 0.6) is 0 Å². The first kappa shape index (κ1) is 16.4. The second kappa shape index (κ2) is 6.83. The summed E-state index contributed by atoms with van der Waals surface area (Å²) in [5.74, 6) is -0.727. The van der Waals surface area contributed by atoms with Gasteiger partial charge in [0.15, 0.2) is 0 Å². The minimum absolute atomic E-state index is 0.183. The molecule has 1 aromatic rings. The standard InChI is InChI=1S/C14H21FN2O3S/c1-17(7-8-20-2)21(18,19)14-9-11(3-6-13(14)15)10-16-12-4-5-12/h3,6,9,12,16H,4-5,7-8,10H2,1-2H3. The van der Waals surface area contributed by atoms with Crippen LogP contribution in [0.2, 0.25) is 0 Å². The highest BCUT2D eigenvalue weighted by Gasteiger charge is 2.25. The van der Waals surface area contributed by atoms with Gasteiger partial charge >= 0.3 is 0 Å². The fourth-order valence-electron chi connectivity index (χ4n) is 1.91. The number of halogens is 1. The number of hydrogen-bond donors (Lipinski definition) is 1. The number of sulfonamides is 1. The van der Waals surface area contributed by atoms with Crippen LogP contribution >= 0.6 is 0 Å². The molecular weight excluding hydrogens is 295 g/mol. The molecule has 0 spiro atoms. The SMILES string of the molecule is COCCN(C)S(=O)(=O)c1cc(CNC2CC2)ccc1F. The number of benzene rings is 1. The molecule has 0 aromatic heterocycles. The van der Waals surface area contributed by atoms with Gasteiger partial charge in [-0.2, -0.15) is 4.31 Å². The van der Waals surface area contributed by atoms with E-state index in [0.717, 1.165) is 22.7 Å². The monoisotopic (exact) mass is 316 g/mol. The van der Waals surface area contributed by atoms with Crippen LogP contribution < -0.4 is 5.32 Å². The van der Waals surface area contributed by atoms with Crippen molar-refractivity contribution < 1.29 is 17.5 Å². The summed E-state index contributed by atoms with van der Waals surface area (Å²) in [5.41, 5.74) is 0.766. The van der Waals surface area contributed by atoms with Gasteiger partial charge in [-0.3, -0.25) is 0 Å². The normalized spacial score (nSPS) is 15.6. The first-order chi connectivity index (χ1) is 9.95. The van der Waals surface area contributed by atoms with E-state index in [-0.39, 0.29) is 18.0 Å². The van der Waals surface area contributed by atoms with E-state index in [2.05, 4.69) is 5.32 Å². The Morgan fingerprint density at radius 1 is 1.43 bits per heavy atom. The van der Waals surface area contributed by atoms with Crippen LogP contribution in [-0.2, 0) is 21.3 Å². The second-order valence-corrected chi connectivity index (χ2v) is 7.25. The van der Waals surface area contributed by atoms with Gasteiger partial charge in [0.1, 0.15) is 10.7 Å². The molecule has 0 bridgehead atoms. The zero-order chi connectivity index (χ0) is 15.5. The van der Waals surface area contributed by atoms with Crippen molar-refractivity contribution in [3.05, 3.63) is 29.6 Å². The summed E-state index contributed by atoms with van der Waals surface area (Å²) in [5, 5.41) is 3.28. The lowest BCUT2D eigenvalue weighted by Crippen LogP contribution is -2.31. The van der Waals surface area contributed by atoms with E-state index in [9.17, 15) is 12.8 Å². The summed E-state index contributed by atoms with van der Waals surface area (Å²) in [6.45, 7) is 0.998. The third-order valence-electron chi connectivity index (χ3n) is 3.47. The summed E-state index contributed by atoms with van der Waals surface area (Å²) >= 11 is 0. The van der Waals surface area contributed by atoms with E-state index in [1.165, 1.54) is 26.3 Å². The van der Waals surface area contributed by atoms with Crippen molar-refractivity contribution in [2.45, 2.75) is 30.3 Å². The molecule has 5 nitrogen and oxygen atoms in total. The molecule has 2 rings (SSSR count). The van der Waals surface area contributed by atoms with Gasteiger partial charge in [-0.25, -0.2) is 12.8 Å². The van der Waals surface area contributed by atoms with Crippen LogP contribution in [0, 0.1) is 5.82 Å². The maximum absolute atomic E-state index is 13.9. The van der Waals surface area contributed by atoms with Crippen molar-refractivity contribution >= 4 is 10.0 Å². The van der Waals surface area contributed by atoms with Crippen molar-refractivity contribution in [2.24, 2.45) is 0 Å². The van der Waals surface area contributed by atoms with Crippen LogP contribution in [0.3, 0.4) is 0 Å². The fraction of sp³-hybridized carbons (Fsp3) is 0.571. The molecule has 0 saturated heterocycles. The summed E-state index contributed by atoms with van der Waals surface area (Å²) < 4.78 is 44.6. The Morgan fingerprint density at radius 3 is 2.76 bits per heavy atom. The molecule has 0 amide bonds. The van der Waals surface area contributed by atoms with Crippen LogP contribution in [0.4, 0.5) is 4.39 Å². The van der Waals surface area contributed by atoms with Crippen LogP contribution in [0.25, 0.3) is 0 Å². The van der Waals surface area contributed by atoms with E-state index in [4.69, 9.17) is 4.74 Å². The van der Waals surface area contributed by atoms with E-state index >= 15 is 0 Å². The molecule has 1 aliphatic carbocycles. The molecule has 7 heteroatoms. The second-order valence-electron chi connectivity index (χ2n) is 5.24. The van der Waals surface area contributed by atoms with Crippen LogP contribution in [0.15, 0.2) is 23.1 Å². The maximum Gasteiger partial charge on any atom is 0.245 e. The highest BCUT2D eigenvalue weighted by molar-refractivity contribution is 7.89. The Bertz CT molecular complexity index is 588. The first-order valence-electron chi connectivity index (χ1n) is 6.92. The Hall–Kier alpha value is -1.02. The average molecular weight is 316 g/mol. The molecule has 0 unspecified atom stereocenters. The minimum Gasteiger partial charge on any atom is -0.383 e. The first-order valence-corrected chi connectivity index (χ1v) is 8.36. The predicted molar refractivity (Wildman–Crippen MR) is 78.0 cm³/mol. The molecule has 21 heavy (non-hydrogen) atoms. The molecule has 0 aliphatic heterocycles. The number of likely N-dealkylation sites (N-methyl/N-ethyl adjacent to an activating group) is 1. The summed E-state index contributed by atoms with van der Waals surface area (Å²) in [7, 11) is -0.926. The number of nitrogens with zero attached hydrogens (tertiary/aromatic N) is 1. The molecule has 1 saturated carbocycles. The van der Waals surface area contributed by atoms with Gasteiger partial charge in [-0.1, -0.05) is 6.07 Å². The topological polar surface area (TPSA) is 58.6 Å². The Balaban J connectivity index is 2.17. The van der Waals surface area contributed by atoms with Crippen molar-refractivity contribution in [1.82, 2.24) is 9.62 Å². The van der Waals surface area contributed by atoms with E-state index in [1.807, 2.05) is 0 Å². The third kappa shape index (κ3) is 4.23. The molecule has 0 heterocycles. The number of nitrogens with one attached hydrogen (secondary N) is 1. The summed E-state index contributed by atoms with van der Waals surface area (Å²) in [4.78, 5) is -0.281. The van der Waals surface area contributed by atoms with Gasteiger partial charge in [-0.15, -0.1) is 0 Å². The largest absolute Gasteiger partial charge is 0.383 e. The minimum atomic E-state index is -3.84. The van der Waals surface area contributed by atoms with Gasteiger partial charge < -0.3 is 10.1 Å². The van der Waals surface area contributed by atoms with Gasteiger partial charge in [-0.05, 0) is 30.5 Å². The molecule has 118 valence electrons. The van der Waals surface area contributed by atoms with Crippen molar-refractivity contribution in [2.75, 3.05) is 27.3 Å². The maximum atomic E-state index is 13.9. The highest BCUT2D eigenvalue weighted by Crippen LogP contribution is 2.22. The van der Waals surface area contributed by atoms with Crippen LogP contribution in [0.1, 0.15) is 18.4 Å². The van der Waals surface area contributed by atoms with E-state index < -0.39 is 15.8 Å². The van der Waals surface area contributed by atoms with Crippen molar-refractivity contribution in [3.63, 3.8) is 0 Å². The smallest absolute Gasteiger partial charge is 0.245 e. The summed E-state index contributed by atoms with van der Waals surface area (Å²) in [6.07, 6.45) is 2.29. The quantitative estimate of drug-likeness (QED) is 0.786. The van der Waals surface area contributed by atoms with Crippen molar-refractivity contribution in [3.8, 4) is 0 Å². The Labute approximate surface area is 125 Å². The number of ether oxygens (including phenoxy) is 1. The molecule has 1 N–H and O–H groups in total. The Morgan fingerprint density at radius 2 is 2.14 bits per heavy atom. The van der Waals surface area contributed by atoms with Crippen LogP contribution in [-0.4, -0.2) is 46.1 Å². The van der Waals surface area contributed by atoms with E-state index in [1.54, 1.807) is 6.07 Å². The molecule has 1 aromatic carbocycles. The Kier molecular flexibility index (Phi) is 5.32. The predicted octanol–water partition coefficient (Wildman–Crippen LogP) is 1.34. The lowest BCUT2D eigenvalue weighted by atomic mass is 10.2. The number of methoxy groups -OCH3 is 1. The zero-order valence-corrected chi connectivity index (χ0v) is 13.1. The van der Waals surface area contributed by atoms with Gasteiger partial charge in [0, 0.05) is 33.3 Å². The number of rotatable bonds is 8. The highest BCUT2D eigenvalue weighted by atomic mass is 32.2. The lowest BCUT2D eigenvalue weighted by molar-refractivity contribution is 0.185. The fourth-order valence-corrected chi connectivity index (χ4v) is 3.18. The van der Waals surface area contributed by atoms with Gasteiger partial charge in [0.05, 0.1) is 6.61 Å². The average Bonchev–Trinajstić information content (AvgIpc) is 3.27. The van der Waals surface area contributed by atoms with Gasteiger partial charge in [0.2, 0.25) is 10.0 Å². The molecule has 0 atom stereocenters. The van der Waals surface area contributed by atoms with Crippen molar-refractivity contribution in [1.29, 1.82) is 0 Å². The number of hydrogen-bond acceptors (Lipinski definition) is 4. The zero-order valence-electron chi connectivity index (χ0n) is 12.3. The lowest BCUT2D eigenvalue weighted by Gasteiger charge is -2.17. The van der Waals surface area contributed by atoms with E-state index in [0.29, 0.717) is 12.6 Å².